The Labute approximate surface area is 113 Å². The Morgan fingerprint density at radius 3 is 2.58 bits per heavy atom. The Hall–Kier alpha value is -1.66. The van der Waals surface area contributed by atoms with Gasteiger partial charge in [0.2, 0.25) is 15.9 Å². The smallest absolute Gasteiger partial charge is 0.240 e. The van der Waals surface area contributed by atoms with E-state index in [2.05, 4.69) is 11.3 Å². The molecule has 0 unspecified atom stereocenters. The maximum absolute atomic E-state index is 12.0. The van der Waals surface area contributed by atoms with Gasteiger partial charge in [-0.25, -0.2) is 13.1 Å². The van der Waals surface area contributed by atoms with E-state index < -0.39 is 10.0 Å². The summed E-state index contributed by atoms with van der Waals surface area (Å²) in [6.07, 6.45) is 1.30. The number of nitrogens with one attached hydrogen (secondary N) is 1. The molecule has 0 atom stereocenters. The third-order valence-corrected chi connectivity index (χ3v) is 4.39. The number of carbonyl (C=O) groups excluding carboxylic acids is 1. The summed E-state index contributed by atoms with van der Waals surface area (Å²) in [6.45, 7) is 4.42. The summed E-state index contributed by atoms with van der Waals surface area (Å²) in [5.41, 5.74) is 0.488. The summed E-state index contributed by atoms with van der Waals surface area (Å²) in [5, 5.41) is 0. The van der Waals surface area contributed by atoms with Gasteiger partial charge >= 0.3 is 0 Å². The highest BCUT2D eigenvalue weighted by molar-refractivity contribution is 7.89. The fourth-order valence-electron chi connectivity index (χ4n) is 1.94. The van der Waals surface area contributed by atoms with Crippen molar-refractivity contribution < 1.29 is 13.2 Å². The van der Waals surface area contributed by atoms with Gasteiger partial charge in [0.1, 0.15) is 0 Å². The van der Waals surface area contributed by atoms with Crippen LogP contribution in [-0.2, 0) is 14.8 Å². The molecule has 1 aromatic rings. The van der Waals surface area contributed by atoms with E-state index in [0.29, 0.717) is 18.7 Å². The molecule has 1 N–H and O–H groups in total. The van der Waals surface area contributed by atoms with Crippen LogP contribution in [0.1, 0.15) is 12.8 Å². The zero-order valence-corrected chi connectivity index (χ0v) is 11.3. The Morgan fingerprint density at radius 2 is 2.00 bits per heavy atom. The molecule has 1 aliphatic rings. The van der Waals surface area contributed by atoms with Crippen molar-refractivity contribution in [3.8, 4) is 0 Å². The lowest BCUT2D eigenvalue weighted by atomic mass is 10.4. The third kappa shape index (κ3) is 3.21. The molecule has 102 valence electrons. The van der Waals surface area contributed by atoms with Crippen LogP contribution < -0.4 is 4.72 Å². The summed E-state index contributed by atoms with van der Waals surface area (Å²) >= 11 is 0. The van der Waals surface area contributed by atoms with Crippen LogP contribution in [0.5, 0.6) is 0 Å². The minimum absolute atomic E-state index is 0.00362. The quantitative estimate of drug-likeness (QED) is 0.878. The van der Waals surface area contributed by atoms with E-state index in [9.17, 15) is 13.2 Å². The van der Waals surface area contributed by atoms with Gasteiger partial charge in [0.05, 0.1) is 11.4 Å². The molecule has 19 heavy (non-hydrogen) atoms. The fourth-order valence-corrected chi connectivity index (χ4v) is 2.98. The van der Waals surface area contributed by atoms with Crippen LogP contribution in [0.2, 0.25) is 0 Å². The van der Waals surface area contributed by atoms with Crippen LogP contribution in [0.25, 0.3) is 0 Å². The van der Waals surface area contributed by atoms with Crippen molar-refractivity contribution >= 4 is 15.9 Å². The molecule has 0 aliphatic carbocycles. The van der Waals surface area contributed by atoms with Gasteiger partial charge < -0.3 is 4.90 Å². The zero-order chi connectivity index (χ0) is 13.9. The molecule has 1 fully saturated rings. The highest BCUT2D eigenvalue weighted by Crippen LogP contribution is 2.15. The number of rotatable bonds is 5. The number of hydrogen-bond donors (Lipinski definition) is 1. The minimum atomic E-state index is -3.55. The Balaban J connectivity index is 1.99. The van der Waals surface area contributed by atoms with Crippen molar-refractivity contribution in [3.63, 3.8) is 0 Å². The maximum atomic E-state index is 12.0. The minimum Gasteiger partial charge on any atom is -0.315 e. The van der Waals surface area contributed by atoms with Crippen molar-refractivity contribution in [2.45, 2.75) is 17.7 Å². The van der Waals surface area contributed by atoms with Gasteiger partial charge in [-0.05, 0) is 18.6 Å². The van der Waals surface area contributed by atoms with Crippen LogP contribution in [-0.4, -0.2) is 32.3 Å². The Kier molecular flexibility index (Phi) is 4.01. The van der Waals surface area contributed by atoms with Gasteiger partial charge in [0, 0.05) is 18.7 Å². The molecular weight excluding hydrogens is 264 g/mol. The first-order valence-corrected chi connectivity index (χ1v) is 7.52. The number of carbonyl (C=O) groups is 1. The van der Waals surface area contributed by atoms with Gasteiger partial charge in [-0.15, -0.1) is 0 Å². The molecule has 0 saturated carbocycles. The topological polar surface area (TPSA) is 66.5 Å². The molecule has 0 aromatic heterocycles. The standard InChI is InChI=1S/C13H16N2O3S/c1-11(15-9-5-8-13(15)16)10-14-19(17,18)12-6-3-2-4-7-12/h2-4,6-7,14H,1,5,8-10H2. The fraction of sp³-hybridized carbons (Fsp3) is 0.308. The predicted molar refractivity (Wildman–Crippen MR) is 71.7 cm³/mol. The van der Waals surface area contributed by atoms with Crippen LogP contribution >= 0.6 is 0 Å². The summed E-state index contributed by atoms with van der Waals surface area (Å²) < 4.78 is 26.4. The summed E-state index contributed by atoms with van der Waals surface area (Å²) in [4.78, 5) is 13.2. The molecule has 0 radical (unpaired) electrons. The van der Waals surface area contributed by atoms with Crippen LogP contribution in [0, 0.1) is 0 Å². The first-order valence-electron chi connectivity index (χ1n) is 6.03. The number of nitrogens with zero attached hydrogens (tertiary/aromatic N) is 1. The number of hydrogen-bond acceptors (Lipinski definition) is 3. The lowest BCUT2D eigenvalue weighted by Gasteiger charge is -2.18. The third-order valence-electron chi connectivity index (χ3n) is 2.97. The second kappa shape index (κ2) is 5.54. The molecule has 1 aromatic carbocycles. The molecule has 1 aliphatic heterocycles. The summed E-state index contributed by atoms with van der Waals surface area (Å²) in [6, 6.07) is 8.11. The van der Waals surface area contributed by atoms with Crippen molar-refractivity contribution in [2.75, 3.05) is 13.1 Å². The first kappa shape index (κ1) is 13.8. The largest absolute Gasteiger partial charge is 0.315 e. The molecule has 1 saturated heterocycles. The second-order valence-electron chi connectivity index (χ2n) is 4.35. The maximum Gasteiger partial charge on any atom is 0.240 e. The lowest BCUT2D eigenvalue weighted by Crippen LogP contribution is -2.33. The lowest BCUT2D eigenvalue weighted by molar-refractivity contribution is -0.126. The molecule has 0 spiro atoms. The average Bonchev–Trinajstić information content (AvgIpc) is 2.83. The SMILES string of the molecule is C=C(CNS(=O)(=O)c1ccccc1)N1CCCC1=O. The van der Waals surface area contributed by atoms with E-state index >= 15 is 0 Å². The molecule has 5 nitrogen and oxygen atoms in total. The number of sulfonamides is 1. The zero-order valence-electron chi connectivity index (χ0n) is 10.5. The van der Waals surface area contributed by atoms with Crippen LogP contribution in [0.15, 0.2) is 47.5 Å². The monoisotopic (exact) mass is 280 g/mol. The van der Waals surface area contributed by atoms with E-state index in [0.717, 1.165) is 6.42 Å². The molecule has 1 heterocycles. The van der Waals surface area contributed by atoms with E-state index in [-0.39, 0.29) is 17.3 Å². The van der Waals surface area contributed by atoms with Gasteiger partial charge in [0.25, 0.3) is 0 Å². The van der Waals surface area contributed by atoms with Gasteiger partial charge in [0.15, 0.2) is 0 Å². The molecule has 1 amide bonds. The Bertz CT molecular complexity index is 581. The highest BCUT2D eigenvalue weighted by atomic mass is 32.2. The molecular formula is C13H16N2O3S. The number of benzene rings is 1. The van der Waals surface area contributed by atoms with Crippen LogP contribution in [0.4, 0.5) is 0 Å². The predicted octanol–water partition coefficient (Wildman–Crippen LogP) is 1.10. The molecule has 0 bridgehead atoms. The number of amides is 1. The van der Waals surface area contributed by atoms with Crippen molar-refractivity contribution in [2.24, 2.45) is 0 Å². The van der Waals surface area contributed by atoms with Crippen LogP contribution in [0.3, 0.4) is 0 Å². The van der Waals surface area contributed by atoms with Gasteiger partial charge in [-0.3, -0.25) is 4.79 Å². The summed E-state index contributed by atoms with van der Waals surface area (Å²) in [7, 11) is -3.55. The Morgan fingerprint density at radius 1 is 1.32 bits per heavy atom. The van der Waals surface area contributed by atoms with Crippen molar-refractivity contribution in [1.82, 2.24) is 9.62 Å². The van der Waals surface area contributed by atoms with E-state index in [1.165, 1.54) is 17.0 Å². The molecule has 6 heteroatoms. The van der Waals surface area contributed by atoms with Gasteiger partial charge in [-0.1, -0.05) is 24.8 Å². The van der Waals surface area contributed by atoms with E-state index in [1.54, 1.807) is 18.2 Å². The van der Waals surface area contributed by atoms with E-state index in [4.69, 9.17) is 0 Å². The first-order chi connectivity index (χ1) is 9.00. The average molecular weight is 280 g/mol. The van der Waals surface area contributed by atoms with Gasteiger partial charge in [-0.2, -0.15) is 0 Å². The number of likely N-dealkylation sites (tertiary alicyclic amines) is 1. The second-order valence-corrected chi connectivity index (χ2v) is 6.12. The normalized spacial score (nSPS) is 15.8. The molecule has 2 rings (SSSR count). The van der Waals surface area contributed by atoms with Crippen molar-refractivity contribution in [3.05, 3.63) is 42.6 Å². The van der Waals surface area contributed by atoms with E-state index in [1.807, 2.05) is 0 Å². The summed E-state index contributed by atoms with van der Waals surface area (Å²) in [5.74, 6) is 0.00362. The highest BCUT2D eigenvalue weighted by Gasteiger charge is 2.23. The van der Waals surface area contributed by atoms with Crippen molar-refractivity contribution in [1.29, 1.82) is 0 Å².